The van der Waals surface area contributed by atoms with Gasteiger partial charge in [-0.15, -0.1) is 0 Å². The maximum absolute atomic E-state index is 12.1. The van der Waals surface area contributed by atoms with E-state index in [1.807, 2.05) is 12.1 Å². The van der Waals surface area contributed by atoms with Gasteiger partial charge >= 0.3 is 0 Å². The molecular weight excluding hydrogens is 276 g/mol. The Labute approximate surface area is 120 Å². The first kappa shape index (κ1) is 15.4. The van der Waals surface area contributed by atoms with Crippen molar-refractivity contribution in [2.45, 2.75) is 30.2 Å². The van der Waals surface area contributed by atoms with Crippen LogP contribution < -0.4 is 10.5 Å². The molecule has 5 nitrogen and oxygen atoms in total. The molecule has 1 aromatic carbocycles. The Hall–Kier alpha value is -0.950. The van der Waals surface area contributed by atoms with E-state index in [4.69, 9.17) is 10.5 Å². The third kappa shape index (κ3) is 4.28. The van der Waals surface area contributed by atoms with Crippen LogP contribution in [-0.2, 0) is 21.2 Å². The zero-order chi connectivity index (χ0) is 14.6. The van der Waals surface area contributed by atoms with Gasteiger partial charge in [0.15, 0.2) is 0 Å². The number of methoxy groups -OCH3 is 1. The van der Waals surface area contributed by atoms with Crippen LogP contribution in [0.25, 0.3) is 0 Å². The van der Waals surface area contributed by atoms with Crippen LogP contribution in [0.5, 0.6) is 0 Å². The first-order valence-electron chi connectivity index (χ1n) is 6.86. The average molecular weight is 298 g/mol. The van der Waals surface area contributed by atoms with Crippen LogP contribution in [0.2, 0.25) is 0 Å². The van der Waals surface area contributed by atoms with Gasteiger partial charge in [0.05, 0.1) is 11.5 Å². The molecule has 3 N–H and O–H groups in total. The summed E-state index contributed by atoms with van der Waals surface area (Å²) >= 11 is 0. The Kier molecular flexibility index (Phi) is 5.15. The highest BCUT2D eigenvalue weighted by atomic mass is 32.2. The Morgan fingerprint density at radius 1 is 1.35 bits per heavy atom. The molecule has 1 aliphatic carbocycles. The normalized spacial score (nSPS) is 17.1. The number of nitrogens with two attached hydrogens (primary N) is 1. The first-order chi connectivity index (χ1) is 9.53. The second kappa shape index (κ2) is 6.67. The molecule has 2 rings (SSSR count). The van der Waals surface area contributed by atoms with Gasteiger partial charge < -0.3 is 10.5 Å². The number of hydrogen-bond acceptors (Lipinski definition) is 4. The van der Waals surface area contributed by atoms with Crippen molar-refractivity contribution in [2.24, 2.45) is 11.7 Å². The summed E-state index contributed by atoms with van der Waals surface area (Å²) in [6, 6.07) is 6.79. The van der Waals surface area contributed by atoms with E-state index < -0.39 is 10.0 Å². The van der Waals surface area contributed by atoms with Gasteiger partial charge in [-0.3, -0.25) is 0 Å². The maximum atomic E-state index is 12.1. The third-order valence-corrected chi connectivity index (χ3v) is 5.00. The van der Waals surface area contributed by atoms with Crippen LogP contribution in [0.15, 0.2) is 29.2 Å². The smallest absolute Gasteiger partial charge is 0.240 e. The molecule has 6 heteroatoms. The summed E-state index contributed by atoms with van der Waals surface area (Å²) in [5.41, 5.74) is 6.96. The molecule has 1 aromatic rings. The van der Waals surface area contributed by atoms with Gasteiger partial charge in [0.2, 0.25) is 10.0 Å². The fraction of sp³-hybridized carbons (Fsp3) is 0.571. The summed E-state index contributed by atoms with van der Waals surface area (Å²) in [6.45, 7) is 0.930. The highest BCUT2D eigenvalue weighted by Gasteiger charge is 2.29. The van der Waals surface area contributed by atoms with Gasteiger partial charge in [0.25, 0.3) is 0 Å². The molecule has 0 radical (unpaired) electrons. The molecule has 0 bridgehead atoms. The van der Waals surface area contributed by atoms with Crippen LogP contribution in [0.1, 0.15) is 18.4 Å². The van der Waals surface area contributed by atoms with Crippen LogP contribution >= 0.6 is 0 Å². The van der Waals surface area contributed by atoms with Crippen molar-refractivity contribution in [1.29, 1.82) is 0 Å². The van der Waals surface area contributed by atoms with Gasteiger partial charge in [-0.2, -0.15) is 0 Å². The lowest BCUT2D eigenvalue weighted by Crippen LogP contribution is -2.38. The van der Waals surface area contributed by atoms with Gasteiger partial charge in [-0.05, 0) is 42.9 Å². The molecule has 1 saturated carbocycles. The summed E-state index contributed by atoms with van der Waals surface area (Å²) in [5.74, 6) is 0.481. The van der Waals surface area contributed by atoms with E-state index in [1.54, 1.807) is 19.2 Å². The lowest BCUT2D eigenvalue weighted by atomic mass is 10.2. The fourth-order valence-corrected chi connectivity index (χ4v) is 3.11. The van der Waals surface area contributed by atoms with Crippen LogP contribution in [0.3, 0.4) is 0 Å². The molecule has 0 aliphatic heterocycles. The Morgan fingerprint density at radius 3 is 2.55 bits per heavy atom. The summed E-state index contributed by atoms with van der Waals surface area (Å²) in [5, 5.41) is 0. The van der Waals surface area contributed by atoms with Crippen molar-refractivity contribution in [3.05, 3.63) is 29.8 Å². The van der Waals surface area contributed by atoms with Crippen molar-refractivity contribution in [3.63, 3.8) is 0 Å². The molecular formula is C14H22N2O3S. The average Bonchev–Trinajstić information content (AvgIpc) is 3.27. The number of sulfonamides is 1. The van der Waals surface area contributed by atoms with E-state index in [2.05, 4.69) is 4.72 Å². The minimum atomic E-state index is -3.46. The Morgan fingerprint density at radius 2 is 2.00 bits per heavy atom. The van der Waals surface area contributed by atoms with Crippen molar-refractivity contribution >= 4 is 10.0 Å². The highest BCUT2D eigenvalue weighted by molar-refractivity contribution is 7.89. The van der Waals surface area contributed by atoms with Gasteiger partial charge in [0.1, 0.15) is 0 Å². The molecule has 0 saturated heterocycles. The predicted octanol–water partition coefficient (Wildman–Crippen LogP) is 0.891. The van der Waals surface area contributed by atoms with Crippen molar-refractivity contribution in [1.82, 2.24) is 4.72 Å². The van der Waals surface area contributed by atoms with E-state index in [1.165, 1.54) is 0 Å². The fourth-order valence-electron chi connectivity index (χ4n) is 2.04. The number of nitrogens with one attached hydrogen (secondary N) is 1. The topological polar surface area (TPSA) is 81.4 Å². The van der Waals surface area contributed by atoms with Gasteiger partial charge in [-0.25, -0.2) is 13.1 Å². The largest absolute Gasteiger partial charge is 0.384 e. The minimum Gasteiger partial charge on any atom is -0.384 e. The number of benzene rings is 1. The van der Waals surface area contributed by atoms with E-state index in [9.17, 15) is 8.42 Å². The van der Waals surface area contributed by atoms with Gasteiger partial charge in [-0.1, -0.05) is 12.1 Å². The lowest BCUT2D eigenvalue weighted by Gasteiger charge is -2.12. The number of ether oxygens (including phenoxy) is 1. The predicted molar refractivity (Wildman–Crippen MR) is 77.9 cm³/mol. The van der Waals surface area contributed by atoms with Crippen molar-refractivity contribution < 1.29 is 13.2 Å². The van der Waals surface area contributed by atoms with E-state index in [-0.39, 0.29) is 10.9 Å². The van der Waals surface area contributed by atoms with Crippen LogP contribution in [0, 0.1) is 5.92 Å². The summed E-state index contributed by atoms with van der Waals surface area (Å²) < 4.78 is 31.8. The summed E-state index contributed by atoms with van der Waals surface area (Å²) in [4.78, 5) is 0.279. The molecule has 0 amide bonds. The SMILES string of the molecule is COCCc1ccc(S(=O)(=O)NCC(N)C2CC2)cc1. The number of rotatable bonds is 8. The second-order valence-electron chi connectivity index (χ2n) is 5.24. The van der Waals surface area contributed by atoms with E-state index in [0.29, 0.717) is 19.1 Å². The monoisotopic (exact) mass is 298 g/mol. The first-order valence-corrected chi connectivity index (χ1v) is 8.34. The van der Waals surface area contributed by atoms with E-state index in [0.717, 1.165) is 24.8 Å². The zero-order valence-electron chi connectivity index (χ0n) is 11.7. The molecule has 1 fully saturated rings. The molecule has 0 aromatic heterocycles. The van der Waals surface area contributed by atoms with Crippen LogP contribution in [-0.4, -0.2) is 34.7 Å². The molecule has 112 valence electrons. The lowest BCUT2D eigenvalue weighted by molar-refractivity contribution is 0.202. The molecule has 0 heterocycles. The molecule has 1 atom stereocenters. The minimum absolute atomic E-state index is 0.0780. The van der Waals surface area contributed by atoms with Gasteiger partial charge in [0, 0.05) is 19.7 Å². The van der Waals surface area contributed by atoms with Crippen molar-refractivity contribution in [3.8, 4) is 0 Å². The maximum Gasteiger partial charge on any atom is 0.240 e. The van der Waals surface area contributed by atoms with E-state index >= 15 is 0 Å². The molecule has 1 aliphatic rings. The Bertz CT molecular complexity index is 524. The van der Waals surface area contributed by atoms with Crippen molar-refractivity contribution in [2.75, 3.05) is 20.3 Å². The summed E-state index contributed by atoms with van der Waals surface area (Å²) in [7, 11) is -1.81. The highest BCUT2D eigenvalue weighted by Crippen LogP contribution is 2.31. The zero-order valence-corrected chi connectivity index (χ0v) is 12.5. The quantitative estimate of drug-likeness (QED) is 0.747. The molecule has 0 spiro atoms. The standard InChI is InChI=1S/C14H22N2O3S/c1-19-9-8-11-2-6-13(7-3-11)20(17,18)16-10-14(15)12-4-5-12/h2-3,6-7,12,14,16H,4-5,8-10,15H2,1H3. The van der Waals surface area contributed by atoms with Crippen LogP contribution in [0.4, 0.5) is 0 Å². The Balaban J connectivity index is 1.93. The number of hydrogen-bond donors (Lipinski definition) is 2. The second-order valence-corrected chi connectivity index (χ2v) is 7.01. The third-order valence-electron chi connectivity index (χ3n) is 3.57. The molecule has 1 unspecified atom stereocenters. The molecule has 20 heavy (non-hydrogen) atoms. The summed E-state index contributed by atoms with van der Waals surface area (Å²) in [6.07, 6.45) is 2.99.